The molecule has 0 spiro atoms. The molecule has 2 aromatic rings. The van der Waals surface area contributed by atoms with E-state index in [0.717, 1.165) is 13.0 Å². The second kappa shape index (κ2) is 5.00. The van der Waals surface area contributed by atoms with Crippen LogP contribution in [0.15, 0.2) is 30.6 Å². The van der Waals surface area contributed by atoms with E-state index in [0.29, 0.717) is 18.3 Å². The van der Waals surface area contributed by atoms with Gasteiger partial charge in [-0.2, -0.15) is 0 Å². The predicted molar refractivity (Wildman–Crippen MR) is 75.5 cm³/mol. The van der Waals surface area contributed by atoms with Gasteiger partial charge in [-0.15, -0.1) is 0 Å². The van der Waals surface area contributed by atoms with Crippen molar-refractivity contribution in [1.82, 2.24) is 9.55 Å². The quantitative estimate of drug-likeness (QED) is 0.863. The first kappa shape index (κ1) is 12.7. The summed E-state index contributed by atoms with van der Waals surface area (Å²) in [5, 5.41) is 0. The fourth-order valence-corrected chi connectivity index (χ4v) is 2.66. The molecule has 0 aliphatic heterocycles. The summed E-state index contributed by atoms with van der Waals surface area (Å²) in [7, 11) is 0. The van der Waals surface area contributed by atoms with Crippen LogP contribution in [0.1, 0.15) is 34.5 Å². The first-order valence-corrected chi connectivity index (χ1v) is 6.76. The number of nitrogen functional groups attached to an aromatic ring is 1. The Hall–Kier alpha value is -2.30. The van der Waals surface area contributed by atoms with E-state index in [-0.39, 0.29) is 5.69 Å². The number of ether oxygens (including phenoxy) is 1. The van der Waals surface area contributed by atoms with Crippen molar-refractivity contribution in [3.8, 4) is 0 Å². The molecule has 0 fully saturated rings. The minimum absolute atomic E-state index is 0.208. The summed E-state index contributed by atoms with van der Waals surface area (Å²) in [5.41, 5.74) is 8.94. The number of hydrogen-bond acceptors (Lipinski definition) is 4. The number of carbonyl (C=O) groups excluding carboxylic acids is 1. The van der Waals surface area contributed by atoms with Crippen molar-refractivity contribution in [2.45, 2.75) is 25.8 Å². The number of nitrogens with zero attached hydrogens (tertiary/aromatic N) is 2. The Morgan fingerprint density at radius 3 is 3.05 bits per heavy atom. The fraction of sp³-hybridized carbons (Fsp3) is 0.333. The second-order valence-electron chi connectivity index (χ2n) is 4.95. The third kappa shape index (κ3) is 2.05. The van der Waals surface area contributed by atoms with Crippen molar-refractivity contribution in [2.75, 3.05) is 12.3 Å². The Balaban J connectivity index is 1.75. The molecule has 104 valence electrons. The number of hydrogen-bond donors (Lipinski definition) is 1. The maximum absolute atomic E-state index is 11.7. The van der Waals surface area contributed by atoms with Crippen molar-refractivity contribution < 1.29 is 9.53 Å². The normalized spacial score (nSPS) is 16.4. The maximum atomic E-state index is 11.7. The lowest BCUT2D eigenvalue weighted by molar-refractivity contribution is 0.0521. The van der Waals surface area contributed by atoms with Crippen LogP contribution in [0.25, 0.3) is 0 Å². The fourth-order valence-electron chi connectivity index (χ4n) is 2.66. The van der Waals surface area contributed by atoms with E-state index in [1.54, 1.807) is 13.3 Å². The summed E-state index contributed by atoms with van der Waals surface area (Å²) in [5.74, 6) is 0.364. The van der Waals surface area contributed by atoms with Crippen LogP contribution in [0, 0.1) is 0 Å². The van der Waals surface area contributed by atoms with Gasteiger partial charge < -0.3 is 15.0 Å². The summed E-state index contributed by atoms with van der Waals surface area (Å²) in [6.45, 7) is 2.83. The molecule has 1 heterocycles. The molecule has 1 aliphatic rings. The maximum Gasteiger partial charge on any atom is 0.360 e. The smallest absolute Gasteiger partial charge is 0.360 e. The molecule has 0 saturated heterocycles. The molecule has 1 aromatic heterocycles. The van der Waals surface area contributed by atoms with Crippen LogP contribution in [0.5, 0.6) is 0 Å². The number of nitrogens with two attached hydrogens (primary N) is 1. The first-order chi connectivity index (χ1) is 9.70. The van der Waals surface area contributed by atoms with Crippen molar-refractivity contribution in [3.63, 3.8) is 0 Å². The van der Waals surface area contributed by atoms with E-state index in [4.69, 9.17) is 10.5 Å². The van der Waals surface area contributed by atoms with Crippen LogP contribution >= 0.6 is 0 Å². The lowest BCUT2D eigenvalue weighted by Gasteiger charge is -2.30. The molecular weight excluding hydrogens is 254 g/mol. The zero-order chi connectivity index (χ0) is 14.1. The van der Waals surface area contributed by atoms with Gasteiger partial charge in [0.1, 0.15) is 5.82 Å². The third-order valence-corrected chi connectivity index (χ3v) is 3.73. The predicted octanol–water partition coefficient (Wildman–Crippen LogP) is 1.98. The van der Waals surface area contributed by atoms with E-state index in [9.17, 15) is 4.79 Å². The van der Waals surface area contributed by atoms with Gasteiger partial charge >= 0.3 is 5.97 Å². The highest BCUT2D eigenvalue weighted by Gasteiger charge is 2.27. The summed E-state index contributed by atoms with van der Waals surface area (Å²) in [4.78, 5) is 15.7. The van der Waals surface area contributed by atoms with Crippen LogP contribution in [0.2, 0.25) is 0 Å². The Morgan fingerprint density at radius 1 is 1.50 bits per heavy atom. The van der Waals surface area contributed by atoms with E-state index < -0.39 is 5.97 Å². The van der Waals surface area contributed by atoms with Crippen molar-refractivity contribution in [2.24, 2.45) is 0 Å². The standard InChI is InChI=1S/C15H17N3O2/c1-2-20-15(19)13-14(16)18(9-17-13)8-11-7-10-5-3-4-6-12(10)11/h3-6,9,11H,2,7-8,16H2,1H3. The molecule has 0 saturated carbocycles. The van der Waals surface area contributed by atoms with Crippen LogP contribution in [-0.2, 0) is 17.7 Å². The van der Waals surface area contributed by atoms with Crippen LogP contribution in [0.4, 0.5) is 5.82 Å². The summed E-state index contributed by atoms with van der Waals surface area (Å²) in [6.07, 6.45) is 2.66. The molecule has 1 aromatic carbocycles. The minimum atomic E-state index is -0.460. The number of carbonyl (C=O) groups is 1. The molecule has 3 rings (SSSR count). The number of esters is 1. The molecule has 1 atom stereocenters. The van der Waals surface area contributed by atoms with E-state index >= 15 is 0 Å². The Bertz CT molecular complexity index is 648. The lowest BCUT2D eigenvalue weighted by Crippen LogP contribution is -2.22. The molecule has 0 amide bonds. The lowest BCUT2D eigenvalue weighted by atomic mass is 9.77. The number of benzene rings is 1. The number of aromatic nitrogens is 2. The Kier molecular flexibility index (Phi) is 3.18. The average molecular weight is 271 g/mol. The number of fused-ring (bicyclic) bond motifs is 1. The number of anilines is 1. The van der Waals surface area contributed by atoms with Crippen LogP contribution < -0.4 is 5.73 Å². The first-order valence-electron chi connectivity index (χ1n) is 6.76. The molecule has 0 radical (unpaired) electrons. The van der Waals surface area contributed by atoms with Gasteiger partial charge in [0, 0.05) is 12.5 Å². The monoisotopic (exact) mass is 271 g/mol. The Morgan fingerprint density at radius 2 is 2.30 bits per heavy atom. The van der Waals surface area contributed by atoms with Gasteiger partial charge in [0.2, 0.25) is 0 Å². The summed E-state index contributed by atoms with van der Waals surface area (Å²) >= 11 is 0. The molecular formula is C15H17N3O2. The largest absolute Gasteiger partial charge is 0.461 e. The topological polar surface area (TPSA) is 70.1 Å². The van der Waals surface area contributed by atoms with Gasteiger partial charge in [-0.1, -0.05) is 24.3 Å². The Labute approximate surface area is 117 Å². The number of rotatable bonds is 4. The van der Waals surface area contributed by atoms with E-state index in [2.05, 4.69) is 23.2 Å². The van der Waals surface area contributed by atoms with Crippen molar-refractivity contribution >= 4 is 11.8 Å². The highest BCUT2D eigenvalue weighted by molar-refractivity contribution is 5.92. The van der Waals surface area contributed by atoms with Crippen LogP contribution in [-0.4, -0.2) is 22.1 Å². The third-order valence-electron chi connectivity index (χ3n) is 3.73. The highest BCUT2D eigenvalue weighted by atomic mass is 16.5. The second-order valence-corrected chi connectivity index (χ2v) is 4.95. The highest BCUT2D eigenvalue weighted by Crippen LogP contribution is 2.36. The zero-order valence-electron chi connectivity index (χ0n) is 11.4. The van der Waals surface area contributed by atoms with Crippen LogP contribution in [0.3, 0.4) is 0 Å². The zero-order valence-corrected chi connectivity index (χ0v) is 11.4. The van der Waals surface area contributed by atoms with Gasteiger partial charge in [0.25, 0.3) is 0 Å². The van der Waals surface area contributed by atoms with Crippen molar-refractivity contribution in [1.29, 1.82) is 0 Å². The van der Waals surface area contributed by atoms with Crippen molar-refractivity contribution in [3.05, 3.63) is 47.4 Å². The van der Waals surface area contributed by atoms with Gasteiger partial charge in [-0.25, -0.2) is 9.78 Å². The average Bonchev–Trinajstić information content (AvgIpc) is 2.78. The molecule has 2 N–H and O–H groups in total. The van der Waals surface area contributed by atoms with Gasteiger partial charge in [-0.3, -0.25) is 0 Å². The molecule has 20 heavy (non-hydrogen) atoms. The molecule has 1 aliphatic carbocycles. The molecule has 0 bridgehead atoms. The van der Waals surface area contributed by atoms with Gasteiger partial charge in [-0.05, 0) is 24.5 Å². The summed E-state index contributed by atoms with van der Waals surface area (Å²) in [6, 6.07) is 8.39. The van der Waals surface area contributed by atoms with E-state index in [1.807, 2.05) is 10.6 Å². The SMILES string of the molecule is CCOC(=O)c1ncn(CC2Cc3ccccc32)c1N. The van der Waals surface area contributed by atoms with Gasteiger partial charge in [0.15, 0.2) is 5.69 Å². The molecule has 1 unspecified atom stereocenters. The summed E-state index contributed by atoms with van der Waals surface area (Å²) < 4.78 is 6.76. The minimum Gasteiger partial charge on any atom is -0.461 e. The molecule has 5 heteroatoms. The number of imidazole rings is 1. The van der Waals surface area contributed by atoms with Gasteiger partial charge in [0.05, 0.1) is 12.9 Å². The van der Waals surface area contributed by atoms with E-state index in [1.165, 1.54) is 11.1 Å². The molecule has 5 nitrogen and oxygen atoms in total.